The average molecular weight is 1790 g/mol. The second kappa shape index (κ2) is 52.4. The molecule has 0 radical (unpaired) electrons. The van der Waals surface area contributed by atoms with E-state index in [4.69, 9.17) is 11.5 Å². The monoisotopic (exact) mass is 1790 g/mol. The molecule has 1 aliphatic heterocycles. The van der Waals surface area contributed by atoms with Crippen molar-refractivity contribution in [3.63, 3.8) is 0 Å². The fourth-order valence-electron chi connectivity index (χ4n) is 13.0. The Bertz CT molecular complexity index is 4420. The number of phenols is 1. The SMILES string of the molecule is CC[C@H](C)[C@H](NC(=O)[C@H](CCC(=O)O)NC(=O)[C@H](CCC(=O)O)NC(=O)[C@H](Cc1ccccc1)NC(=O)[C@H](CC(=O)O)NC(=O)[C@H](CC(N)=O)NC(=O)[C@H](Cc1cnc[nH]1)NC(=O)[C@H](CO)NC(C)=O)C(=O)N1CCC[C@H]1C(=O)N[C@@H](CCC(=O)O)C(=O)N[C@@H](CCC(=O)O)C(=O)N[C@@H](Cc1ccc(O)cc1)C(=O)N[C@@H](CC(C)C)C(=O)N[C@@H](CCC(N)=O)C(=O)O. The number of aromatic nitrogens is 2. The summed E-state index contributed by atoms with van der Waals surface area (Å²) in [5.74, 6) is -29.8. The number of nitrogens with zero attached hydrogens (tertiary/aromatic N) is 2. The quantitative estimate of drug-likeness (QED) is 0.0250. The van der Waals surface area contributed by atoms with Crippen LogP contribution >= 0.6 is 0 Å². The summed E-state index contributed by atoms with van der Waals surface area (Å²) >= 11 is 0. The number of primary amides is 2. The van der Waals surface area contributed by atoms with Crippen LogP contribution in [0.4, 0.5) is 0 Å². The predicted molar refractivity (Wildman–Crippen MR) is 435 cm³/mol. The van der Waals surface area contributed by atoms with E-state index in [1.165, 1.54) is 68.0 Å². The van der Waals surface area contributed by atoms with Crippen LogP contribution in [0.1, 0.15) is 154 Å². The van der Waals surface area contributed by atoms with Crippen LogP contribution in [0, 0.1) is 11.8 Å². The van der Waals surface area contributed by atoms with Gasteiger partial charge in [-0.25, -0.2) is 9.78 Å². The highest BCUT2D eigenvalue weighted by atomic mass is 16.4. The average Bonchev–Trinajstić information content (AvgIpc) is 1.74. The summed E-state index contributed by atoms with van der Waals surface area (Å²) in [5.41, 5.74) is 11.4. The Balaban J connectivity index is 1.66. The van der Waals surface area contributed by atoms with Gasteiger partial charge in [0.05, 0.1) is 25.8 Å². The number of hydrogen-bond acceptors (Lipinski definition) is 25. The number of carboxylic acid groups (broad SMARTS) is 6. The van der Waals surface area contributed by atoms with Crippen LogP contribution in [-0.4, -0.2) is 284 Å². The molecule has 48 nitrogen and oxygen atoms in total. The second-order valence-electron chi connectivity index (χ2n) is 30.5. The molecule has 1 aliphatic rings. The first-order valence-electron chi connectivity index (χ1n) is 40.3. The van der Waals surface area contributed by atoms with Crippen LogP contribution in [0.5, 0.6) is 5.75 Å². The second-order valence-corrected chi connectivity index (χ2v) is 30.5. The van der Waals surface area contributed by atoms with Gasteiger partial charge in [-0.2, -0.15) is 0 Å². The van der Waals surface area contributed by atoms with E-state index < -0.39 is 324 Å². The summed E-state index contributed by atoms with van der Waals surface area (Å²) in [4.78, 5) is 303. The highest BCUT2D eigenvalue weighted by molar-refractivity contribution is 6.02. The number of amides is 16. The van der Waals surface area contributed by atoms with Crippen molar-refractivity contribution in [1.29, 1.82) is 0 Å². The van der Waals surface area contributed by atoms with Gasteiger partial charge in [-0.3, -0.25) is 101 Å². The van der Waals surface area contributed by atoms with Crippen LogP contribution in [-0.2, 0) is 125 Å². The van der Waals surface area contributed by atoms with E-state index in [1.54, 1.807) is 26.8 Å². The fraction of sp³-hybridized carbons (Fsp3) is 0.532. The molecule has 3 aromatic rings. The zero-order chi connectivity index (χ0) is 95.1. The first-order valence-corrected chi connectivity index (χ1v) is 40.3. The van der Waals surface area contributed by atoms with E-state index >= 15 is 4.79 Å². The smallest absolute Gasteiger partial charge is 0.326 e. The molecule has 48 heteroatoms. The lowest BCUT2D eigenvalue weighted by Gasteiger charge is -2.33. The molecule has 1 saturated heterocycles. The summed E-state index contributed by atoms with van der Waals surface area (Å²) in [6, 6.07) is -12.8. The number of carboxylic acids is 6. The van der Waals surface area contributed by atoms with Crippen LogP contribution in [0.2, 0.25) is 0 Å². The third-order valence-electron chi connectivity index (χ3n) is 19.8. The van der Waals surface area contributed by atoms with Crippen molar-refractivity contribution in [3.05, 3.63) is 83.9 Å². The number of aromatic amines is 1. The van der Waals surface area contributed by atoms with E-state index in [9.17, 15) is 142 Å². The maximum Gasteiger partial charge on any atom is 0.326 e. The Morgan fingerprint density at radius 2 is 0.827 bits per heavy atom. The summed E-state index contributed by atoms with van der Waals surface area (Å²) in [7, 11) is 0. The largest absolute Gasteiger partial charge is 0.508 e. The van der Waals surface area contributed by atoms with Gasteiger partial charge in [0.2, 0.25) is 94.5 Å². The van der Waals surface area contributed by atoms with Gasteiger partial charge in [0.15, 0.2) is 0 Å². The number of H-pyrrole nitrogens is 1. The predicted octanol–water partition coefficient (Wildman–Crippen LogP) is -6.30. The first-order chi connectivity index (χ1) is 59.8. The van der Waals surface area contributed by atoms with Crippen molar-refractivity contribution in [2.45, 2.75) is 241 Å². The Hall–Kier alpha value is -14.2. The molecule has 0 saturated carbocycles. The number of rotatable bonds is 57. The third kappa shape index (κ3) is 37.4. The molecule has 127 heavy (non-hydrogen) atoms. The zero-order valence-electron chi connectivity index (χ0n) is 70.0. The molecule has 1 fully saturated rings. The Labute approximate surface area is 725 Å². The van der Waals surface area contributed by atoms with Gasteiger partial charge >= 0.3 is 35.8 Å². The molecule has 16 amide bonds. The number of phenolic OH excluding ortho intramolecular Hbond substituents is 1. The van der Waals surface area contributed by atoms with Gasteiger partial charge in [-0.05, 0) is 86.5 Å². The van der Waals surface area contributed by atoms with Crippen LogP contribution in [0.15, 0.2) is 67.1 Å². The molecule has 2 heterocycles. The highest BCUT2D eigenvalue weighted by Crippen LogP contribution is 2.24. The van der Waals surface area contributed by atoms with Gasteiger partial charge < -0.3 is 131 Å². The lowest BCUT2D eigenvalue weighted by molar-refractivity contribution is -0.144. The van der Waals surface area contributed by atoms with Crippen molar-refractivity contribution in [3.8, 4) is 5.75 Å². The standard InChI is InChI=1S/C79H110N18O30/c1-6-39(4)65(78(125)97-28-10-13-57(97)77(124)88-47(21-26-62(107)108)67(114)85-46(20-25-61(105)106)68(115)91-52(31-42-14-16-44(100)17-15-42)72(119)90-50(29-38(2)3)70(117)89-49(79(126)127)18-23-58(80)101)96-69(116)48(22-27-63(109)110)86-66(113)45(19-24-60(103)104)87-71(118)51(30-41-11-8-7-9-12-41)92-75(122)55(34-64(111)112)95-74(121)54(33-59(81)102)94-73(120)53(32-43-35-82-37-83-43)93-76(123)56(36-98)84-40(5)99/h7-9,11-12,14-17,35,37-39,45-57,65,98,100H,6,10,13,18-34,36H2,1-5H3,(H2,80,101)(H2,81,102)(H,82,83)(H,84,99)(H,85,114)(H,86,113)(H,87,118)(H,88,124)(H,89,117)(H,90,119)(H,91,115)(H,92,122)(H,93,123)(H,94,120)(H,95,121)(H,96,116)(H,103,104)(H,105,106)(H,107,108)(H,109,110)(H,111,112)(H,126,127)/t39-,45-,46-,47-,48-,49-,50-,51-,52-,53-,54-,55-,56-,57-,65-/m0/s1. The van der Waals surface area contributed by atoms with Crippen molar-refractivity contribution < 1.29 is 146 Å². The molecule has 696 valence electrons. The number of aliphatic carboxylic acids is 6. The van der Waals surface area contributed by atoms with Gasteiger partial charge in [-0.15, -0.1) is 0 Å². The summed E-state index contributed by atoms with van der Waals surface area (Å²) in [6.07, 6.45) is -8.87. The van der Waals surface area contributed by atoms with Crippen LogP contribution in [0.3, 0.4) is 0 Å². The van der Waals surface area contributed by atoms with Crippen LogP contribution < -0.4 is 80.6 Å². The summed E-state index contributed by atoms with van der Waals surface area (Å²) < 4.78 is 0. The topological polar surface area (TPSA) is 778 Å². The normalized spacial score (nSPS) is 15.5. The van der Waals surface area contributed by atoms with Gasteiger partial charge in [-0.1, -0.05) is 76.6 Å². The number of carbonyl (C=O) groups is 22. The Kier molecular flexibility index (Phi) is 43.4. The van der Waals surface area contributed by atoms with E-state index in [0.717, 1.165) is 11.8 Å². The van der Waals surface area contributed by atoms with Crippen molar-refractivity contribution in [2.75, 3.05) is 13.2 Å². The Morgan fingerprint density at radius 1 is 0.441 bits per heavy atom. The van der Waals surface area contributed by atoms with E-state index in [-0.39, 0.29) is 60.7 Å². The number of hydrogen-bond donors (Lipinski definition) is 24. The minimum atomic E-state index is -2.22. The maximum atomic E-state index is 15.0. The molecule has 4 rings (SSSR count). The zero-order valence-corrected chi connectivity index (χ0v) is 70.0. The molecule has 0 spiro atoms. The summed E-state index contributed by atoms with van der Waals surface area (Å²) in [5, 5.41) is 109. The van der Waals surface area contributed by atoms with Gasteiger partial charge in [0.25, 0.3) is 0 Å². The lowest BCUT2D eigenvalue weighted by Crippen LogP contribution is -2.62. The first kappa shape index (κ1) is 105. The minimum Gasteiger partial charge on any atom is -0.508 e. The number of likely N-dealkylation sites (tertiary alicyclic amines) is 1. The molecule has 1 aromatic heterocycles. The molecular formula is C79H110N18O30. The lowest BCUT2D eigenvalue weighted by atomic mass is 9.96. The maximum absolute atomic E-state index is 15.0. The highest BCUT2D eigenvalue weighted by Gasteiger charge is 2.44. The van der Waals surface area contributed by atoms with Crippen molar-refractivity contribution in [1.82, 2.24) is 84.0 Å². The molecule has 2 aromatic carbocycles. The van der Waals surface area contributed by atoms with Gasteiger partial charge in [0, 0.05) is 76.7 Å². The van der Waals surface area contributed by atoms with E-state index in [0.29, 0.717) is 0 Å². The molecule has 0 aliphatic carbocycles. The summed E-state index contributed by atoms with van der Waals surface area (Å²) in [6.45, 7) is 6.20. The number of benzene rings is 2. The fourth-order valence-corrected chi connectivity index (χ4v) is 13.0. The Morgan fingerprint density at radius 3 is 1.24 bits per heavy atom. The van der Waals surface area contributed by atoms with E-state index in [1.807, 2.05) is 0 Å². The molecule has 0 unspecified atom stereocenters. The number of aromatic hydroxyl groups is 1. The van der Waals surface area contributed by atoms with Crippen molar-refractivity contribution in [2.24, 2.45) is 23.3 Å². The third-order valence-corrected chi connectivity index (χ3v) is 19.8. The number of aliphatic hydroxyl groups is 1. The number of carbonyl (C=O) groups excluding carboxylic acids is 16. The number of nitrogens with two attached hydrogens (primary N) is 2. The number of imidazole rings is 1. The van der Waals surface area contributed by atoms with Crippen molar-refractivity contribution >= 4 is 130 Å². The minimum absolute atomic E-state index is 0.0599. The molecular weight excluding hydrogens is 1680 g/mol. The van der Waals surface area contributed by atoms with E-state index in [2.05, 4.69) is 79.1 Å². The molecule has 15 atom stereocenters. The van der Waals surface area contributed by atoms with Crippen LogP contribution in [0.25, 0.3) is 0 Å². The number of aliphatic hydroxyl groups excluding tert-OH is 1. The number of nitrogens with one attached hydrogen (secondary N) is 14. The molecule has 0 bridgehead atoms. The molecule has 26 N–H and O–H groups in total. The van der Waals surface area contributed by atoms with Gasteiger partial charge in [0.1, 0.15) is 90.3 Å².